The van der Waals surface area contributed by atoms with Gasteiger partial charge in [-0.3, -0.25) is 14.5 Å². The van der Waals surface area contributed by atoms with Crippen LogP contribution < -0.4 is 5.73 Å². The number of H-pyrrole nitrogens is 1. The molecule has 1 aromatic heterocycles. The van der Waals surface area contributed by atoms with Gasteiger partial charge < -0.3 is 20.5 Å². The van der Waals surface area contributed by atoms with Gasteiger partial charge in [0.05, 0.1) is 15.1 Å². The number of hydrogen-bond donors (Lipinski definition) is 2. The molecule has 5 rings (SSSR count). The molecule has 0 saturated carbocycles. The summed E-state index contributed by atoms with van der Waals surface area (Å²) in [6, 6.07) is 10.7. The van der Waals surface area contributed by atoms with Crippen LogP contribution in [0, 0.1) is 0 Å². The summed E-state index contributed by atoms with van der Waals surface area (Å²) >= 11 is 18.7. The molecule has 2 aliphatic rings. The standard InChI is InChI=1S/C31H38Cl3N5O2/c1-20(40)31(35,24-18-36-27-9-5-4-8-23(24)27)29(39-14-10-22(11-15-39)38-12-6-3-7-13-38)30(41)37(2)19-21-16-25(32)28(34)26(33)17-21/h4-5,8-9,16-18,22,29,36H,3,6-7,10-15,19,35H2,1-2H3. The van der Waals surface area contributed by atoms with Crippen molar-refractivity contribution in [1.29, 1.82) is 0 Å². The van der Waals surface area contributed by atoms with E-state index in [0.29, 0.717) is 34.7 Å². The summed E-state index contributed by atoms with van der Waals surface area (Å²) in [4.78, 5) is 37.7. The number of piperidine rings is 2. The molecule has 0 radical (unpaired) electrons. The van der Waals surface area contributed by atoms with Crippen LogP contribution in [-0.2, 0) is 21.7 Å². The van der Waals surface area contributed by atoms with Crippen molar-refractivity contribution in [3.63, 3.8) is 0 Å². The van der Waals surface area contributed by atoms with E-state index < -0.39 is 11.6 Å². The number of carbonyl (C=O) groups excluding carboxylic acids is 2. The van der Waals surface area contributed by atoms with Gasteiger partial charge in [-0.05, 0) is 69.5 Å². The van der Waals surface area contributed by atoms with Crippen molar-refractivity contribution >= 4 is 57.4 Å². The molecule has 2 aliphatic heterocycles. The minimum Gasteiger partial charge on any atom is -0.361 e. The number of likely N-dealkylation sites (N-methyl/N-ethyl adjacent to an activating group) is 1. The van der Waals surface area contributed by atoms with Gasteiger partial charge in [0.1, 0.15) is 11.6 Å². The summed E-state index contributed by atoms with van der Waals surface area (Å²) in [5.74, 6) is -0.490. The number of aromatic nitrogens is 1. The van der Waals surface area contributed by atoms with Crippen molar-refractivity contribution in [2.24, 2.45) is 5.73 Å². The molecule has 2 aromatic carbocycles. The Labute approximate surface area is 256 Å². The third-order valence-corrected chi connectivity index (χ3v) is 10.1. The summed E-state index contributed by atoms with van der Waals surface area (Å²) in [5.41, 5.74) is 7.86. The Hall–Kier alpha value is -2.13. The van der Waals surface area contributed by atoms with Crippen LogP contribution in [-0.4, -0.2) is 76.7 Å². The fraction of sp³-hybridized carbons (Fsp3) is 0.484. The van der Waals surface area contributed by atoms with Gasteiger partial charge in [-0.15, -0.1) is 0 Å². The van der Waals surface area contributed by atoms with Crippen molar-refractivity contribution in [3.05, 3.63) is 68.8 Å². The lowest BCUT2D eigenvalue weighted by molar-refractivity contribution is -0.145. The number of aromatic amines is 1. The molecule has 1 amide bonds. The van der Waals surface area contributed by atoms with Crippen LogP contribution in [0.25, 0.3) is 10.9 Å². The SMILES string of the molecule is CC(=O)C(N)(c1c[nH]c2ccccc12)C(C(=O)N(C)Cc1cc(Cl)c(Cl)c(Cl)c1)N1CCC(N2CCCCC2)CC1. The highest BCUT2D eigenvalue weighted by molar-refractivity contribution is 6.48. The third-order valence-electron chi connectivity index (χ3n) is 8.89. The van der Waals surface area contributed by atoms with E-state index in [-0.39, 0.29) is 23.3 Å². The molecule has 3 N–H and O–H groups in total. The summed E-state index contributed by atoms with van der Waals surface area (Å²) in [7, 11) is 1.72. The molecule has 3 heterocycles. The second-order valence-corrected chi connectivity index (χ2v) is 12.7. The van der Waals surface area contributed by atoms with E-state index in [4.69, 9.17) is 40.5 Å². The van der Waals surface area contributed by atoms with Gasteiger partial charge in [-0.25, -0.2) is 0 Å². The summed E-state index contributed by atoms with van der Waals surface area (Å²) in [5, 5.41) is 1.76. The monoisotopic (exact) mass is 617 g/mol. The first-order chi connectivity index (χ1) is 19.6. The predicted molar refractivity (Wildman–Crippen MR) is 167 cm³/mol. The number of nitrogens with two attached hydrogens (primary N) is 1. The molecule has 0 aliphatic carbocycles. The number of ketones is 1. The molecule has 10 heteroatoms. The summed E-state index contributed by atoms with van der Waals surface area (Å²) in [6.07, 6.45) is 7.41. The van der Waals surface area contributed by atoms with E-state index in [2.05, 4.69) is 14.8 Å². The maximum atomic E-state index is 14.5. The Morgan fingerprint density at radius 2 is 1.68 bits per heavy atom. The van der Waals surface area contributed by atoms with Crippen molar-refractivity contribution in [2.45, 2.75) is 63.2 Å². The van der Waals surface area contributed by atoms with Crippen LogP contribution in [0.2, 0.25) is 15.1 Å². The smallest absolute Gasteiger partial charge is 0.242 e. The van der Waals surface area contributed by atoms with E-state index in [9.17, 15) is 9.59 Å². The van der Waals surface area contributed by atoms with Crippen LogP contribution in [0.1, 0.15) is 50.2 Å². The first-order valence-electron chi connectivity index (χ1n) is 14.3. The molecular formula is C31H38Cl3N5O2. The average Bonchev–Trinajstić information content (AvgIpc) is 3.41. The van der Waals surface area contributed by atoms with Gasteiger partial charge in [-0.1, -0.05) is 59.4 Å². The third kappa shape index (κ3) is 6.03. The zero-order valence-electron chi connectivity index (χ0n) is 23.6. The minimum absolute atomic E-state index is 0.230. The fourth-order valence-corrected chi connectivity index (χ4v) is 7.28. The number of rotatable bonds is 8. The Morgan fingerprint density at radius 3 is 2.32 bits per heavy atom. The van der Waals surface area contributed by atoms with Crippen LogP contribution in [0.15, 0.2) is 42.6 Å². The van der Waals surface area contributed by atoms with Gasteiger partial charge in [0.25, 0.3) is 0 Å². The quantitative estimate of drug-likeness (QED) is 0.310. The highest BCUT2D eigenvalue weighted by Crippen LogP contribution is 2.36. The molecule has 2 saturated heterocycles. The summed E-state index contributed by atoms with van der Waals surface area (Å²) in [6.45, 7) is 5.34. The Balaban J connectivity index is 1.50. The maximum absolute atomic E-state index is 14.5. The van der Waals surface area contributed by atoms with Gasteiger partial charge in [-0.2, -0.15) is 0 Å². The van der Waals surface area contributed by atoms with Crippen molar-refractivity contribution in [1.82, 2.24) is 19.7 Å². The molecule has 7 nitrogen and oxygen atoms in total. The molecule has 2 atom stereocenters. The lowest BCUT2D eigenvalue weighted by atomic mass is 9.77. The molecule has 3 aromatic rings. The number of halogens is 3. The van der Waals surface area contributed by atoms with Crippen molar-refractivity contribution in [2.75, 3.05) is 33.2 Å². The van der Waals surface area contributed by atoms with Crippen LogP contribution in [0.3, 0.4) is 0 Å². The number of amides is 1. The first-order valence-corrected chi connectivity index (χ1v) is 15.5. The van der Waals surface area contributed by atoms with E-state index in [1.54, 1.807) is 30.3 Å². The van der Waals surface area contributed by atoms with Crippen LogP contribution >= 0.6 is 34.8 Å². The van der Waals surface area contributed by atoms with Gasteiger partial charge in [0.15, 0.2) is 5.78 Å². The van der Waals surface area contributed by atoms with Crippen LogP contribution in [0.4, 0.5) is 0 Å². The minimum atomic E-state index is -1.57. The zero-order chi connectivity index (χ0) is 29.3. The number of carbonyl (C=O) groups is 2. The highest BCUT2D eigenvalue weighted by Gasteiger charge is 2.51. The lowest BCUT2D eigenvalue weighted by Crippen LogP contribution is -2.67. The molecule has 2 unspecified atom stereocenters. The van der Waals surface area contributed by atoms with Gasteiger partial charge >= 0.3 is 0 Å². The number of likely N-dealkylation sites (tertiary alicyclic amines) is 2. The van der Waals surface area contributed by atoms with Crippen molar-refractivity contribution in [3.8, 4) is 0 Å². The second kappa shape index (κ2) is 12.6. The second-order valence-electron chi connectivity index (χ2n) is 11.5. The Bertz CT molecular complexity index is 1390. The first kappa shape index (κ1) is 30.3. The van der Waals surface area contributed by atoms with Crippen molar-refractivity contribution < 1.29 is 9.59 Å². The number of Topliss-reactive ketones (excluding diaryl/α,β-unsaturated/α-hetero) is 1. The number of para-hydroxylation sites is 1. The average molecular weight is 619 g/mol. The van der Waals surface area contributed by atoms with Gasteiger partial charge in [0.2, 0.25) is 5.91 Å². The molecule has 41 heavy (non-hydrogen) atoms. The Kier molecular flexibility index (Phi) is 9.34. The van der Waals surface area contributed by atoms with E-state index in [1.807, 2.05) is 24.3 Å². The van der Waals surface area contributed by atoms with Crippen LogP contribution in [0.5, 0.6) is 0 Å². The fourth-order valence-electron chi connectivity index (χ4n) is 6.63. The molecule has 2 fully saturated rings. The highest BCUT2D eigenvalue weighted by atomic mass is 35.5. The van der Waals surface area contributed by atoms with E-state index in [1.165, 1.54) is 26.2 Å². The number of benzene rings is 2. The number of hydrogen-bond acceptors (Lipinski definition) is 5. The van der Waals surface area contributed by atoms with E-state index in [0.717, 1.165) is 42.4 Å². The van der Waals surface area contributed by atoms with Gasteiger partial charge in [0, 0.05) is 55.4 Å². The number of nitrogens with zero attached hydrogens (tertiary/aromatic N) is 3. The molecule has 0 spiro atoms. The number of nitrogens with one attached hydrogen (secondary N) is 1. The normalized spacial score (nSPS) is 19.7. The zero-order valence-corrected chi connectivity index (χ0v) is 25.9. The molecular weight excluding hydrogens is 581 g/mol. The maximum Gasteiger partial charge on any atom is 0.242 e. The van der Waals surface area contributed by atoms with E-state index >= 15 is 0 Å². The Morgan fingerprint density at radius 1 is 1.05 bits per heavy atom. The molecule has 220 valence electrons. The number of fused-ring (bicyclic) bond motifs is 1. The lowest BCUT2D eigenvalue weighted by Gasteiger charge is -2.47. The predicted octanol–water partition coefficient (Wildman–Crippen LogP) is 5.85. The summed E-state index contributed by atoms with van der Waals surface area (Å²) < 4.78 is 0. The molecule has 0 bridgehead atoms. The topological polar surface area (TPSA) is 85.7 Å². The largest absolute Gasteiger partial charge is 0.361 e.